The largest absolute Gasteiger partial charge is 0.396 e. The van der Waals surface area contributed by atoms with Gasteiger partial charge in [-0.2, -0.15) is 0 Å². The number of hydrogen-bond acceptors (Lipinski definition) is 2. The molecule has 0 rings (SSSR count). The van der Waals surface area contributed by atoms with Crippen molar-refractivity contribution in [3.8, 4) is 0 Å². The van der Waals surface area contributed by atoms with Crippen LogP contribution in [-0.2, 0) is 0 Å². The summed E-state index contributed by atoms with van der Waals surface area (Å²) in [5, 5.41) is 18.5. The van der Waals surface area contributed by atoms with E-state index in [1.54, 1.807) is 0 Å². The predicted octanol–water partition coefficient (Wildman–Crippen LogP) is 6.05. The topological polar surface area (TPSA) is 40.5 Å². The molecule has 5 atom stereocenters. The number of rotatable bonds is 12. The first kappa shape index (κ1) is 25.2. The van der Waals surface area contributed by atoms with E-state index >= 15 is 0 Å². The molecule has 0 aliphatic carbocycles. The quantitative estimate of drug-likeness (QED) is 0.457. The predicted molar refractivity (Wildman–Crippen MR) is 104 cm³/mol. The first-order valence-electron chi connectivity index (χ1n) is 10.1. The maximum atomic E-state index is 9.71. The van der Waals surface area contributed by atoms with Gasteiger partial charge in [0, 0.05) is 6.61 Å². The molecule has 2 nitrogen and oxygen atoms in total. The van der Waals surface area contributed by atoms with Gasteiger partial charge in [-0.15, -0.1) is 0 Å². The van der Waals surface area contributed by atoms with Crippen molar-refractivity contribution in [1.29, 1.82) is 0 Å². The number of hydrogen-bond donors (Lipinski definition) is 2. The van der Waals surface area contributed by atoms with Crippen LogP contribution in [0.15, 0.2) is 0 Å². The maximum absolute atomic E-state index is 9.71. The van der Waals surface area contributed by atoms with E-state index in [1.807, 2.05) is 0 Å². The SMILES string of the molecule is CCC.CCC(C)CCC(C)C(C)CCC(C)CC(O)CCO. The highest BCUT2D eigenvalue weighted by atomic mass is 16.3. The fourth-order valence-corrected chi connectivity index (χ4v) is 2.72. The summed E-state index contributed by atoms with van der Waals surface area (Å²) in [7, 11) is 0. The van der Waals surface area contributed by atoms with Gasteiger partial charge in [-0.1, -0.05) is 87.0 Å². The second kappa shape index (κ2) is 16.8. The van der Waals surface area contributed by atoms with Gasteiger partial charge in [0.2, 0.25) is 0 Å². The van der Waals surface area contributed by atoms with Crippen molar-refractivity contribution in [3.05, 3.63) is 0 Å². The average Bonchev–Trinajstić information content (AvgIpc) is 2.50. The molecule has 0 saturated carbocycles. The van der Waals surface area contributed by atoms with Gasteiger partial charge in [-0.3, -0.25) is 0 Å². The minimum atomic E-state index is -0.326. The standard InChI is InChI=1S/C18H38O2.C3H8/c1-6-14(2)7-9-16(4)17(5)10-8-15(3)13-18(20)11-12-19;1-3-2/h14-20H,6-13H2,1-5H3;3H2,1-2H3. The Morgan fingerprint density at radius 3 is 1.52 bits per heavy atom. The molecular formula is C21H46O2. The molecule has 0 heterocycles. The van der Waals surface area contributed by atoms with Crippen LogP contribution in [-0.4, -0.2) is 22.9 Å². The second-order valence-electron chi connectivity index (χ2n) is 7.84. The van der Waals surface area contributed by atoms with Crippen LogP contribution in [0, 0.1) is 23.7 Å². The first-order valence-corrected chi connectivity index (χ1v) is 10.1. The summed E-state index contributed by atoms with van der Waals surface area (Å²) in [6, 6.07) is 0. The zero-order valence-corrected chi connectivity index (χ0v) is 17.1. The summed E-state index contributed by atoms with van der Waals surface area (Å²) in [5.41, 5.74) is 0. The molecule has 0 spiro atoms. The molecule has 0 fully saturated rings. The molecule has 23 heavy (non-hydrogen) atoms. The van der Waals surface area contributed by atoms with Crippen molar-refractivity contribution in [1.82, 2.24) is 0 Å². The number of aliphatic hydroxyl groups is 2. The lowest BCUT2D eigenvalue weighted by Gasteiger charge is -2.23. The van der Waals surface area contributed by atoms with Crippen LogP contribution in [0.5, 0.6) is 0 Å². The van der Waals surface area contributed by atoms with Gasteiger partial charge >= 0.3 is 0 Å². The smallest absolute Gasteiger partial charge is 0.0564 e. The van der Waals surface area contributed by atoms with Gasteiger partial charge in [-0.25, -0.2) is 0 Å². The molecule has 5 unspecified atom stereocenters. The van der Waals surface area contributed by atoms with E-state index in [-0.39, 0.29) is 12.7 Å². The summed E-state index contributed by atoms with van der Waals surface area (Å²) < 4.78 is 0. The van der Waals surface area contributed by atoms with Crippen molar-refractivity contribution >= 4 is 0 Å². The summed E-state index contributed by atoms with van der Waals surface area (Å²) >= 11 is 0. The van der Waals surface area contributed by atoms with Gasteiger partial charge < -0.3 is 10.2 Å². The van der Waals surface area contributed by atoms with Gasteiger partial charge in [0.1, 0.15) is 0 Å². The maximum Gasteiger partial charge on any atom is 0.0564 e. The third-order valence-electron chi connectivity index (χ3n) is 5.03. The van der Waals surface area contributed by atoms with Crippen LogP contribution in [0.3, 0.4) is 0 Å². The van der Waals surface area contributed by atoms with Gasteiger partial charge in [0.05, 0.1) is 6.10 Å². The summed E-state index contributed by atoms with van der Waals surface area (Å²) in [4.78, 5) is 0. The van der Waals surface area contributed by atoms with Crippen LogP contribution >= 0.6 is 0 Å². The molecule has 0 aromatic carbocycles. The molecule has 142 valence electrons. The molecule has 0 radical (unpaired) electrons. The Bertz CT molecular complexity index is 230. The van der Waals surface area contributed by atoms with E-state index in [9.17, 15) is 5.11 Å². The highest BCUT2D eigenvalue weighted by Gasteiger charge is 2.16. The molecule has 2 heteroatoms. The second-order valence-corrected chi connectivity index (χ2v) is 7.84. The Hall–Kier alpha value is -0.0800. The zero-order valence-electron chi connectivity index (χ0n) is 17.1. The van der Waals surface area contributed by atoms with E-state index in [0.29, 0.717) is 12.3 Å². The van der Waals surface area contributed by atoms with Crippen molar-refractivity contribution < 1.29 is 10.2 Å². The van der Waals surface area contributed by atoms with Crippen molar-refractivity contribution in [2.75, 3.05) is 6.61 Å². The molecule has 0 aromatic rings. The minimum absolute atomic E-state index is 0.0942. The molecular weight excluding hydrogens is 284 g/mol. The van der Waals surface area contributed by atoms with E-state index in [2.05, 4.69) is 48.5 Å². The average molecular weight is 331 g/mol. The lowest BCUT2D eigenvalue weighted by atomic mass is 9.83. The van der Waals surface area contributed by atoms with Crippen molar-refractivity contribution in [2.24, 2.45) is 23.7 Å². The highest BCUT2D eigenvalue weighted by Crippen LogP contribution is 2.26. The van der Waals surface area contributed by atoms with Crippen LogP contribution in [0.25, 0.3) is 0 Å². The molecule has 0 aliphatic heterocycles. The summed E-state index contributed by atoms with van der Waals surface area (Å²) in [5.74, 6) is 2.99. The van der Waals surface area contributed by atoms with Crippen LogP contribution < -0.4 is 0 Å². The molecule has 0 saturated heterocycles. The highest BCUT2D eigenvalue weighted by molar-refractivity contribution is 4.67. The fourth-order valence-electron chi connectivity index (χ4n) is 2.72. The van der Waals surface area contributed by atoms with E-state index < -0.39 is 0 Å². The normalized spacial score (nSPS) is 17.6. The molecule has 0 aliphatic rings. The van der Waals surface area contributed by atoms with Crippen molar-refractivity contribution in [2.45, 2.75) is 106 Å². The van der Waals surface area contributed by atoms with Crippen molar-refractivity contribution in [3.63, 3.8) is 0 Å². The minimum Gasteiger partial charge on any atom is -0.396 e. The van der Waals surface area contributed by atoms with Gasteiger partial charge in [-0.05, 0) is 36.5 Å². The molecule has 0 aromatic heterocycles. The lowest BCUT2D eigenvalue weighted by molar-refractivity contribution is 0.107. The fraction of sp³-hybridized carbons (Fsp3) is 1.00. The number of aliphatic hydroxyl groups excluding tert-OH is 2. The summed E-state index contributed by atoms with van der Waals surface area (Å²) in [6.07, 6.45) is 8.71. The molecule has 0 bridgehead atoms. The molecule has 0 amide bonds. The zero-order chi connectivity index (χ0) is 18.3. The summed E-state index contributed by atoms with van der Waals surface area (Å²) in [6.45, 7) is 15.9. The Balaban J connectivity index is 0. The van der Waals surface area contributed by atoms with Crippen LogP contribution in [0.4, 0.5) is 0 Å². The first-order chi connectivity index (χ1) is 10.8. The van der Waals surface area contributed by atoms with Crippen LogP contribution in [0.1, 0.15) is 99.8 Å². The third-order valence-corrected chi connectivity index (χ3v) is 5.03. The molecule has 2 N–H and O–H groups in total. The van der Waals surface area contributed by atoms with Crippen LogP contribution in [0.2, 0.25) is 0 Å². The Morgan fingerprint density at radius 2 is 1.13 bits per heavy atom. The Labute approximate surface area is 147 Å². The third kappa shape index (κ3) is 16.6. The van der Waals surface area contributed by atoms with Gasteiger partial charge in [0.15, 0.2) is 0 Å². The van der Waals surface area contributed by atoms with Gasteiger partial charge in [0.25, 0.3) is 0 Å². The lowest BCUT2D eigenvalue weighted by Crippen LogP contribution is -2.15. The Morgan fingerprint density at radius 1 is 0.696 bits per heavy atom. The van der Waals surface area contributed by atoms with E-state index in [0.717, 1.165) is 24.2 Å². The Kier molecular flexibility index (Phi) is 18.3. The van der Waals surface area contributed by atoms with E-state index in [4.69, 9.17) is 5.11 Å². The van der Waals surface area contributed by atoms with E-state index in [1.165, 1.54) is 38.5 Å². The monoisotopic (exact) mass is 330 g/mol.